The Morgan fingerprint density at radius 2 is 1.97 bits per heavy atom. The monoisotopic (exact) mass is 417 g/mol. The molecule has 1 atom stereocenters. The van der Waals surface area contributed by atoms with E-state index >= 15 is 0 Å². The van der Waals surface area contributed by atoms with Gasteiger partial charge in [-0.25, -0.2) is 4.68 Å². The van der Waals surface area contributed by atoms with Gasteiger partial charge in [0.2, 0.25) is 0 Å². The minimum absolute atomic E-state index is 0.150. The summed E-state index contributed by atoms with van der Waals surface area (Å²) in [5.41, 5.74) is 4.66. The number of nitrogens with zero attached hydrogens (tertiary/aromatic N) is 6. The molecule has 0 saturated heterocycles. The van der Waals surface area contributed by atoms with Crippen LogP contribution in [0.5, 0.6) is 5.75 Å². The van der Waals surface area contributed by atoms with Gasteiger partial charge in [-0.1, -0.05) is 12.1 Å². The Kier molecular flexibility index (Phi) is 5.81. The van der Waals surface area contributed by atoms with E-state index in [9.17, 15) is 0 Å². The van der Waals surface area contributed by atoms with Crippen molar-refractivity contribution >= 4 is 16.7 Å². The number of likely N-dealkylation sites (N-methyl/N-ethyl adjacent to an activating group) is 1. The molecule has 0 saturated carbocycles. The molecule has 4 rings (SSSR count). The fourth-order valence-corrected chi connectivity index (χ4v) is 3.70. The van der Waals surface area contributed by atoms with Gasteiger partial charge in [-0.2, -0.15) is 10.2 Å². The standard InChI is InChI=1S/C23H27N7O/c1-15-21-16(2)30(28-22(21)23(27-26-15)29(4)5)18-9-6-10-19(12-18)31-20(14-24-3)17-8-7-11-25-13-17/h6-13,20,24H,14H2,1-5H3. The lowest BCUT2D eigenvalue weighted by Gasteiger charge is -2.19. The molecule has 0 fully saturated rings. The van der Waals surface area contributed by atoms with Crippen LogP contribution in [0.1, 0.15) is 23.1 Å². The lowest BCUT2D eigenvalue weighted by Crippen LogP contribution is -2.22. The van der Waals surface area contributed by atoms with Gasteiger partial charge in [0.1, 0.15) is 17.4 Å². The van der Waals surface area contributed by atoms with E-state index in [2.05, 4.69) is 27.4 Å². The highest BCUT2D eigenvalue weighted by atomic mass is 16.5. The van der Waals surface area contributed by atoms with Crippen molar-refractivity contribution in [3.63, 3.8) is 0 Å². The van der Waals surface area contributed by atoms with Crippen LogP contribution in [-0.2, 0) is 0 Å². The Balaban J connectivity index is 1.73. The van der Waals surface area contributed by atoms with Gasteiger partial charge in [0, 0.05) is 44.7 Å². The number of aromatic nitrogens is 5. The van der Waals surface area contributed by atoms with Crippen molar-refractivity contribution in [1.29, 1.82) is 0 Å². The first kappa shape index (κ1) is 20.7. The Bertz CT molecular complexity index is 1190. The summed E-state index contributed by atoms with van der Waals surface area (Å²) in [4.78, 5) is 6.16. The van der Waals surface area contributed by atoms with Gasteiger partial charge in [-0.15, -0.1) is 5.10 Å². The average molecular weight is 418 g/mol. The SMILES string of the molecule is CNCC(Oc1cccc(-n2nc3c(N(C)C)nnc(C)c3c2C)c1)c1cccnc1. The first-order valence-corrected chi connectivity index (χ1v) is 10.2. The normalized spacial score (nSPS) is 12.2. The third kappa shape index (κ3) is 4.06. The van der Waals surface area contributed by atoms with Gasteiger partial charge in [0.15, 0.2) is 5.82 Å². The van der Waals surface area contributed by atoms with Crippen molar-refractivity contribution in [3.8, 4) is 11.4 Å². The summed E-state index contributed by atoms with van der Waals surface area (Å²) in [6.07, 6.45) is 3.45. The van der Waals surface area contributed by atoms with Crippen LogP contribution in [0.15, 0.2) is 48.8 Å². The zero-order chi connectivity index (χ0) is 22.0. The number of pyridine rings is 1. The predicted octanol–water partition coefficient (Wildman–Crippen LogP) is 3.23. The number of fused-ring (bicyclic) bond motifs is 1. The number of ether oxygens (including phenoxy) is 1. The van der Waals surface area contributed by atoms with Crippen LogP contribution in [0.3, 0.4) is 0 Å². The van der Waals surface area contributed by atoms with Crippen LogP contribution in [0.25, 0.3) is 16.6 Å². The highest BCUT2D eigenvalue weighted by molar-refractivity contribution is 5.92. The minimum Gasteiger partial charge on any atom is -0.484 e. The van der Waals surface area contributed by atoms with Gasteiger partial charge >= 0.3 is 0 Å². The van der Waals surface area contributed by atoms with Gasteiger partial charge in [-0.3, -0.25) is 4.98 Å². The van der Waals surface area contributed by atoms with Crippen molar-refractivity contribution < 1.29 is 4.74 Å². The molecule has 0 bridgehead atoms. The topological polar surface area (TPSA) is 81.0 Å². The summed E-state index contributed by atoms with van der Waals surface area (Å²) >= 11 is 0. The van der Waals surface area contributed by atoms with E-state index in [-0.39, 0.29) is 6.10 Å². The second-order valence-electron chi connectivity index (χ2n) is 7.67. The molecular formula is C23H27N7O. The third-order valence-corrected chi connectivity index (χ3v) is 5.19. The molecule has 0 aliphatic heterocycles. The van der Waals surface area contributed by atoms with Crippen LogP contribution in [0.4, 0.5) is 5.82 Å². The average Bonchev–Trinajstić information content (AvgIpc) is 3.12. The molecule has 0 aliphatic rings. The maximum atomic E-state index is 6.33. The fraction of sp³-hybridized carbons (Fsp3) is 0.304. The van der Waals surface area contributed by atoms with Crippen molar-refractivity contribution in [2.24, 2.45) is 0 Å². The summed E-state index contributed by atoms with van der Waals surface area (Å²) in [7, 11) is 5.80. The number of hydrogen-bond donors (Lipinski definition) is 1. The maximum Gasteiger partial charge on any atom is 0.179 e. The van der Waals surface area contributed by atoms with Crippen LogP contribution in [-0.4, -0.2) is 52.6 Å². The number of aryl methyl sites for hydroxylation is 2. The van der Waals surface area contributed by atoms with Crippen molar-refractivity contribution in [3.05, 3.63) is 65.7 Å². The molecule has 1 aromatic carbocycles. The Labute approximate surface area is 181 Å². The number of rotatable bonds is 7. The number of benzene rings is 1. The molecule has 8 nitrogen and oxygen atoms in total. The zero-order valence-corrected chi connectivity index (χ0v) is 18.5. The number of hydrogen-bond acceptors (Lipinski definition) is 7. The first-order chi connectivity index (χ1) is 15.0. The number of anilines is 1. The largest absolute Gasteiger partial charge is 0.484 e. The van der Waals surface area contributed by atoms with Crippen LogP contribution in [0.2, 0.25) is 0 Å². The quantitative estimate of drug-likeness (QED) is 0.494. The van der Waals surface area contributed by atoms with E-state index in [0.29, 0.717) is 6.54 Å². The van der Waals surface area contributed by atoms with E-state index in [1.165, 1.54) is 0 Å². The van der Waals surface area contributed by atoms with E-state index in [0.717, 1.165) is 45.1 Å². The first-order valence-electron chi connectivity index (χ1n) is 10.2. The summed E-state index contributed by atoms with van der Waals surface area (Å²) < 4.78 is 8.25. The van der Waals surface area contributed by atoms with Crippen LogP contribution in [0, 0.1) is 13.8 Å². The predicted molar refractivity (Wildman–Crippen MR) is 122 cm³/mol. The molecule has 0 aliphatic carbocycles. The molecule has 0 radical (unpaired) electrons. The van der Waals surface area contributed by atoms with Crippen molar-refractivity contribution in [1.82, 2.24) is 30.3 Å². The molecule has 1 N–H and O–H groups in total. The lowest BCUT2D eigenvalue weighted by molar-refractivity contribution is 0.204. The minimum atomic E-state index is -0.150. The van der Waals surface area contributed by atoms with Crippen molar-refractivity contribution in [2.45, 2.75) is 20.0 Å². The molecule has 8 heteroatoms. The third-order valence-electron chi connectivity index (χ3n) is 5.19. The highest BCUT2D eigenvalue weighted by Gasteiger charge is 2.19. The van der Waals surface area contributed by atoms with Gasteiger partial charge in [0.25, 0.3) is 0 Å². The Morgan fingerprint density at radius 3 is 2.68 bits per heavy atom. The van der Waals surface area contributed by atoms with E-state index in [4.69, 9.17) is 9.84 Å². The fourth-order valence-electron chi connectivity index (χ4n) is 3.70. The second kappa shape index (κ2) is 8.69. The zero-order valence-electron chi connectivity index (χ0n) is 18.5. The molecule has 160 valence electrons. The molecule has 1 unspecified atom stereocenters. The van der Waals surface area contributed by atoms with Gasteiger partial charge in [-0.05, 0) is 39.1 Å². The van der Waals surface area contributed by atoms with E-state index in [1.54, 1.807) is 6.20 Å². The molecule has 3 heterocycles. The van der Waals surface area contributed by atoms with Crippen LogP contribution >= 0.6 is 0 Å². The molecule has 0 spiro atoms. The maximum absolute atomic E-state index is 6.33. The smallest absolute Gasteiger partial charge is 0.179 e. The van der Waals surface area contributed by atoms with Gasteiger partial charge in [0.05, 0.1) is 22.5 Å². The second-order valence-corrected chi connectivity index (χ2v) is 7.67. The summed E-state index contributed by atoms with van der Waals surface area (Å²) in [6.45, 7) is 4.68. The summed E-state index contributed by atoms with van der Waals surface area (Å²) in [5, 5.41) is 17.7. The number of nitrogens with one attached hydrogen (secondary N) is 1. The summed E-state index contributed by atoms with van der Waals surface area (Å²) in [6, 6.07) is 11.9. The molecular weight excluding hydrogens is 390 g/mol. The van der Waals surface area contributed by atoms with E-state index < -0.39 is 0 Å². The Hall–Kier alpha value is -3.52. The molecule has 3 aromatic heterocycles. The molecule has 0 amide bonds. The van der Waals surface area contributed by atoms with Gasteiger partial charge < -0.3 is 15.0 Å². The van der Waals surface area contributed by atoms with E-state index in [1.807, 2.05) is 80.2 Å². The molecule has 31 heavy (non-hydrogen) atoms. The van der Waals surface area contributed by atoms with Crippen molar-refractivity contribution in [2.75, 3.05) is 32.6 Å². The Morgan fingerprint density at radius 1 is 1.13 bits per heavy atom. The summed E-state index contributed by atoms with van der Waals surface area (Å²) in [5.74, 6) is 1.52. The van der Waals surface area contributed by atoms with Crippen LogP contribution < -0.4 is 15.0 Å². The lowest BCUT2D eigenvalue weighted by atomic mass is 10.1. The highest BCUT2D eigenvalue weighted by Crippen LogP contribution is 2.30. The molecule has 4 aromatic rings.